The van der Waals surface area contributed by atoms with Gasteiger partial charge in [0.1, 0.15) is 12.4 Å². The quantitative estimate of drug-likeness (QED) is 0.612. The Morgan fingerprint density at radius 1 is 1.21 bits per heavy atom. The van der Waals surface area contributed by atoms with E-state index in [2.05, 4.69) is 15.3 Å². The van der Waals surface area contributed by atoms with Crippen molar-refractivity contribution >= 4 is 16.9 Å². The molecule has 0 radical (unpaired) electrons. The van der Waals surface area contributed by atoms with Crippen LogP contribution in [0.2, 0.25) is 0 Å². The van der Waals surface area contributed by atoms with Crippen LogP contribution in [0.25, 0.3) is 11.0 Å². The maximum absolute atomic E-state index is 12.5. The number of H-pyrrole nitrogens is 2. The molecule has 3 N–H and O–H groups in total. The second kappa shape index (κ2) is 7.90. The summed E-state index contributed by atoms with van der Waals surface area (Å²) in [4.78, 5) is 29.4. The molecule has 7 nitrogen and oxygen atoms in total. The van der Waals surface area contributed by atoms with Gasteiger partial charge in [-0.15, -0.1) is 0 Å². The average Bonchev–Trinajstić information content (AvgIpc) is 3.34. The van der Waals surface area contributed by atoms with E-state index < -0.39 is 0 Å². The molecule has 0 aliphatic carbocycles. The molecular weight excluding hydrogens is 358 g/mol. The van der Waals surface area contributed by atoms with Crippen molar-refractivity contribution in [3.63, 3.8) is 0 Å². The molecule has 2 aromatic carbocycles. The maximum Gasteiger partial charge on any atom is 0.323 e. The van der Waals surface area contributed by atoms with Gasteiger partial charge in [0.2, 0.25) is 0 Å². The highest BCUT2D eigenvalue weighted by Crippen LogP contribution is 2.19. The fraction of sp³-hybridized carbons (Fsp3) is 0.333. The summed E-state index contributed by atoms with van der Waals surface area (Å²) in [5.74, 6) is 0.558. The largest absolute Gasteiger partial charge is 0.491 e. The Kier molecular flexibility index (Phi) is 5.16. The predicted molar refractivity (Wildman–Crippen MR) is 106 cm³/mol. The molecule has 3 aromatic rings. The molecule has 1 aromatic heterocycles. The topological polar surface area (TPSA) is 96.2 Å². The van der Waals surface area contributed by atoms with Gasteiger partial charge in [0, 0.05) is 12.2 Å². The molecule has 4 rings (SSSR count). The normalized spacial score (nSPS) is 17.5. The van der Waals surface area contributed by atoms with Crippen LogP contribution in [0.4, 0.5) is 0 Å². The smallest absolute Gasteiger partial charge is 0.323 e. The highest BCUT2D eigenvalue weighted by atomic mass is 16.5. The lowest BCUT2D eigenvalue weighted by Crippen LogP contribution is -2.26. The SMILES string of the molecule is CC(NC(=O)c1ccc(OCC2CCCO2)cc1)c1ccc2[nH]c(=O)[nH]c2c1. The number of hydrogen-bond donors (Lipinski definition) is 3. The minimum atomic E-state index is -0.245. The Hall–Kier alpha value is -3.06. The number of imidazole rings is 1. The van der Waals surface area contributed by atoms with Crippen molar-refractivity contribution in [2.45, 2.75) is 31.9 Å². The molecular formula is C21H23N3O4. The molecule has 1 aliphatic heterocycles. The summed E-state index contributed by atoms with van der Waals surface area (Å²) >= 11 is 0. The van der Waals surface area contributed by atoms with Crippen LogP contribution >= 0.6 is 0 Å². The lowest BCUT2D eigenvalue weighted by Gasteiger charge is -2.15. The van der Waals surface area contributed by atoms with E-state index >= 15 is 0 Å². The molecule has 1 fully saturated rings. The van der Waals surface area contributed by atoms with E-state index in [0.717, 1.165) is 41.8 Å². The Bertz CT molecular complexity index is 1020. The third kappa shape index (κ3) is 4.09. The molecule has 146 valence electrons. The molecule has 0 bridgehead atoms. The zero-order valence-corrected chi connectivity index (χ0v) is 15.7. The molecule has 0 saturated carbocycles. The molecule has 1 saturated heterocycles. The van der Waals surface area contributed by atoms with Gasteiger partial charge in [0.25, 0.3) is 5.91 Å². The molecule has 2 atom stereocenters. The number of aromatic nitrogens is 2. The van der Waals surface area contributed by atoms with Crippen molar-refractivity contribution in [2.24, 2.45) is 0 Å². The summed E-state index contributed by atoms with van der Waals surface area (Å²) < 4.78 is 11.3. The predicted octanol–water partition coefficient (Wildman–Crippen LogP) is 2.91. The number of fused-ring (bicyclic) bond motifs is 1. The fourth-order valence-electron chi connectivity index (χ4n) is 3.35. The molecule has 0 spiro atoms. The summed E-state index contributed by atoms with van der Waals surface area (Å²) in [6, 6.07) is 12.5. The van der Waals surface area contributed by atoms with Crippen LogP contribution in [-0.4, -0.2) is 35.2 Å². The second-order valence-corrected chi connectivity index (χ2v) is 7.05. The van der Waals surface area contributed by atoms with E-state index in [1.54, 1.807) is 24.3 Å². The lowest BCUT2D eigenvalue weighted by atomic mass is 10.1. The highest BCUT2D eigenvalue weighted by Gasteiger charge is 2.16. The zero-order chi connectivity index (χ0) is 19.5. The van der Waals surface area contributed by atoms with Crippen molar-refractivity contribution in [1.82, 2.24) is 15.3 Å². The summed E-state index contributed by atoms with van der Waals surface area (Å²) in [5.41, 5.74) is 2.69. The molecule has 2 heterocycles. The van der Waals surface area contributed by atoms with Crippen molar-refractivity contribution in [2.75, 3.05) is 13.2 Å². The second-order valence-electron chi connectivity index (χ2n) is 7.05. The van der Waals surface area contributed by atoms with Crippen LogP contribution in [0.1, 0.15) is 41.7 Å². The van der Waals surface area contributed by atoms with E-state index in [4.69, 9.17) is 9.47 Å². The number of hydrogen-bond acceptors (Lipinski definition) is 4. The lowest BCUT2D eigenvalue weighted by molar-refractivity contribution is 0.0679. The monoisotopic (exact) mass is 381 g/mol. The fourth-order valence-corrected chi connectivity index (χ4v) is 3.35. The Labute approximate surface area is 162 Å². The van der Waals surface area contributed by atoms with Gasteiger partial charge in [-0.05, 0) is 61.7 Å². The minimum absolute atomic E-state index is 0.163. The summed E-state index contributed by atoms with van der Waals surface area (Å²) in [6.45, 7) is 3.24. The van der Waals surface area contributed by atoms with Crippen LogP contribution in [0.15, 0.2) is 47.3 Å². The zero-order valence-electron chi connectivity index (χ0n) is 15.7. The number of ether oxygens (including phenoxy) is 2. The van der Waals surface area contributed by atoms with Gasteiger partial charge >= 0.3 is 5.69 Å². The number of carbonyl (C=O) groups excluding carboxylic acids is 1. The molecule has 2 unspecified atom stereocenters. The standard InChI is InChI=1S/C21H23N3O4/c1-13(15-6-9-18-19(11-15)24-21(26)23-18)22-20(25)14-4-7-16(8-5-14)28-12-17-3-2-10-27-17/h4-9,11,13,17H,2-3,10,12H2,1H3,(H,22,25)(H2,23,24,26). The highest BCUT2D eigenvalue weighted by molar-refractivity contribution is 5.94. The molecule has 1 amide bonds. The summed E-state index contributed by atoms with van der Waals surface area (Å²) in [7, 11) is 0. The number of aromatic amines is 2. The summed E-state index contributed by atoms with van der Waals surface area (Å²) in [6.07, 6.45) is 2.27. The van der Waals surface area contributed by atoms with Crippen molar-refractivity contribution in [3.05, 3.63) is 64.1 Å². The van der Waals surface area contributed by atoms with Crippen LogP contribution < -0.4 is 15.7 Å². The van der Waals surface area contributed by atoms with Crippen LogP contribution in [0.5, 0.6) is 5.75 Å². The third-order valence-corrected chi connectivity index (χ3v) is 4.96. The van der Waals surface area contributed by atoms with Gasteiger partial charge in [-0.1, -0.05) is 6.07 Å². The first-order chi connectivity index (χ1) is 13.6. The number of rotatable bonds is 6. The first-order valence-corrected chi connectivity index (χ1v) is 9.46. The van der Waals surface area contributed by atoms with Gasteiger partial charge in [-0.3, -0.25) is 4.79 Å². The van der Waals surface area contributed by atoms with Crippen LogP contribution in [-0.2, 0) is 4.74 Å². The van der Waals surface area contributed by atoms with E-state index in [-0.39, 0.29) is 23.7 Å². The van der Waals surface area contributed by atoms with Crippen LogP contribution in [0, 0.1) is 0 Å². The van der Waals surface area contributed by atoms with Crippen molar-refractivity contribution in [1.29, 1.82) is 0 Å². The van der Waals surface area contributed by atoms with Gasteiger partial charge in [0.05, 0.1) is 23.2 Å². The molecule has 7 heteroatoms. The minimum Gasteiger partial charge on any atom is -0.491 e. The molecule has 28 heavy (non-hydrogen) atoms. The van der Waals surface area contributed by atoms with E-state index in [0.29, 0.717) is 12.2 Å². The van der Waals surface area contributed by atoms with E-state index in [1.807, 2.05) is 25.1 Å². The Morgan fingerprint density at radius 3 is 2.75 bits per heavy atom. The van der Waals surface area contributed by atoms with E-state index in [9.17, 15) is 9.59 Å². The summed E-state index contributed by atoms with van der Waals surface area (Å²) in [5, 5.41) is 2.98. The van der Waals surface area contributed by atoms with E-state index in [1.165, 1.54) is 0 Å². The first-order valence-electron chi connectivity index (χ1n) is 9.46. The molecule has 1 aliphatic rings. The maximum atomic E-state index is 12.5. The number of carbonyl (C=O) groups is 1. The van der Waals surface area contributed by atoms with Gasteiger partial charge in [0.15, 0.2) is 0 Å². The third-order valence-electron chi connectivity index (χ3n) is 4.96. The van der Waals surface area contributed by atoms with Gasteiger partial charge in [-0.25, -0.2) is 4.79 Å². The van der Waals surface area contributed by atoms with Crippen LogP contribution in [0.3, 0.4) is 0 Å². The first kappa shape index (κ1) is 18.3. The van der Waals surface area contributed by atoms with Crippen molar-refractivity contribution in [3.8, 4) is 5.75 Å². The average molecular weight is 381 g/mol. The number of amides is 1. The van der Waals surface area contributed by atoms with Crippen molar-refractivity contribution < 1.29 is 14.3 Å². The Morgan fingerprint density at radius 2 is 2.00 bits per heavy atom. The van der Waals surface area contributed by atoms with Gasteiger partial charge in [-0.2, -0.15) is 0 Å². The Balaban J connectivity index is 1.37. The number of benzene rings is 2. The van der Waals surface area contributed by atoms with Gasteiger partial charge < -0.3 is 24.8 Å². The number of nitrogens with one attached hydrogen (secondary N) is 3.